The Morgan fingerprint density at radius 3 is 2.36 bits per heavy atom. The van der Waals surface area contributed by atoms with Crippen LogP contribution in [0.5, 0.6) is 5.75 Å². The first-order valence-corrected chi connectivity index (χ1v) is 13.3. The third-order valence-electron chi connectivity index (χ3n) is 6.07. The summed E-state index contributed by atoms with van der Waals surface area (Å²) < 4.78 is 24.4. The largest absolute Gasteiger partial charge is 0.494 e. The Hall–Kier alpha value is -4.56. The number of fused-ring (bicyclic) bond motifs is 1. The van der Waals surface area contributed by atoms with Gasteiger partial charge in [-0.15, -0.1) is 11.3 Å². The summed E-state index contributed by atoms with van der Waals surface area (Å²) >= 11 is 1.21. The summed E-state index contributed by atoms with van der Waals surface area (Å²) in [7, 11) is 0. The highest BCUT2D eigenvalue weighted by atomic mass is 32.1. The fourth-order valence-corrected chi connectivity index (χ4v) is 5.22. The lowest BCUT2D eigenvalue weighted by Gasteiger charge is -2.12. The van der Waals surface area contributed by atoms with E-state index in [2.05, 4.69) is 5.32 Å². The molecule has 0 spiro atoms. The highest BCUT2D eigenvalue weighted by Crippen LogP contribution is 2.37. The van der Waals surface area contributed by atoms with Crippen molar-refractivity contribution in [1.29, 1.82) is 0 Å². The number of para-hydroxylation sites is 1. The Kier molecular flexibility index (Phi) is 7.65. The summed E-state index contributed by atoms with van der Waals surface area (Å²) in [6.45, 7) is 4.38. The van der Waals surface area contributed by atoms with Gasteiger partial charge >= 0.3 is 5.97 Å². The summed E-state index contributed by atoms with van der Waals surface area (Å²) in [6, 6.07) is 22.5. The van der Waals surface area contributed by atoms with Gasteiger partial charge in [-0.1, -0.05) is 30.3 Å². The van der Waals surface area contributed by atoms with E-state index in [1.165, 1.54) is 23.5 Å². The Morgan fingerprint density at radius 2 is 1.64 bits per heavy atom. The lowest BCUT2D eigenvalue weighted by molar-refractivity contribution is 0.0529. The van der Waals surface area contributed by atoms with Gasteiger partial charge in [-0.25, -0.2) is 14.2 Å². The van der Waals surface area contributed by atoms with Crippen LogP contribution in [0.3, 0.4) is 0 Å². The molecule has 0 radical (unpaired) electrons. The quantitative estimate of drug-likeness (QED) is 0.205. The second kappa shape index (κ2) is 11.4. The molecule has 0 aliphatic carbocycles. The summed E-state index contributed by atoms with van der Waals surface area (Å²) in [6.07, 6.45) is 0. The van der Waals surface area contributed by atoms with Gasteiger partial charge in [0, 0.05) is 21.9 Å². The van der Waals surface area contributed by atoms with Crippen LogP contribution >= 0.6 is 11.3 Å². The van der Waals surface area contributed by atoms with Crippen molar-refractivity contribution >= 4 is 39.1 Å². The maximum Gasteiger partial charge on any atom is 0.341 e. The van der Waals surface area contributed by atoms with Crippen LogP contribution in [0.25, 0.3) is 33.3 Å². The highest BCUT2D eigenvalue weighted by molar-refractivity contribution is 7.15. The number of pyridine rings is 1. The number of carbonyl (C=O) groups excluding carboxylic acids is 2. The van der Waals surface area contributed by atoms with E-state index in [1.54, 1.807) is 30.5 Å². The van der Waals surface area contributed by atoms with Crippen molar-refractivity contribution in [2.45, 2.75) is 13.8 Å². The molecule has 1 amide bonds. The van der Waals surface area contributed by atoms with Crippen LogP contribution in [0.2, 0.25) is 0 Å². The van der Waals surface area contributed by atoms with E-state index in [4.69, 9.17) is 14.5 Å². The molecule has 8 heteroatoms. The minimum Gasteiger partial charge on any atom is -0.494 e. The number of esters is 1. The van der Waals surface area contributed by atoms with Gasteiger partial charge < -0.3 is 14.8 Å². The molecule has 2 aromatic heterocycles. The first-order chi connectivity index (χ1) is 19.0. The molecule has 5 aromatic rings. The molecule has 3 aromatic carbocycles. The van der Waals surface area contributed by atoms with Crippen LogP contribution in [-0.4, -0.2) is 30.1 Å². The van der Waals surface area contributed by atoms with E-state index < -0.39 is 5.97 Å². The lowest BCUT2D eigenvalue weighted by atomic mass is 10.0. The number of hydrogen-bond acceptors (Lipinski definition) is 6. The number of hydrogen-bond donors (Lipinski definition) is 1. The molecule has 2 heterocycles. The SMILES string of the molecule is CCOC(=O)c1c(-c2ccc(F)cc2)csc1NC(=O)c1cc(-c2ccc(OCC)cc2)nc2ccccc12. The van der Waals surface area contributed by atoms with Gasteiger partial charge in [0.2, 0.25) is 0 Å². The highest BCUT2D eigenvalue weighted by Gasteiger charge is 2.24. The number of aromatic nitrogens is 1. The molecule has 0 saturated heterocycles. The van der Waals surface area contributed by atoms with Gasteiger partial charge in [0.1, 0.15) is 22.1 Å². The number of anilines is 1. The molecule has 0 bridgehead atoms. The molecule has 0 unspecified atom stereocenters. The monoisotopic (exact) mass is 540 g/mol. The van der Waals surface area contributed by atoms with E-state index in [9.17, 15) is 14.0 Å². The number of carbonyl (C=O) groups is 2. The minimum absolute atomic E-state index is 0.172. The number of nitrogens with zero attached hydrogens (tertiary/aromatic N) is 1. The Labute approximate surface area is 229 Å². The zero-order chi connectivity index (χ0) is 27.4. The third kappa shape index (κ3) is 5.51. The van der Waals surface area contributed by atoms with E-state index in [-0.39, 0.29) is 23.9 Å². The molecular weight excluding hydrogens is 515 g/mol. The lowest BCUT2D eigenvalue weighted by Crippen LogP contribution is -2.15. The van der Waals surface area contributed by atoms with Crippen molar-refractivity contribution in [1.82, 2.24) is 4.98 Å². The van der Waals surface area contributed by atoms with Crippen LogP contribution in [0, 0.1) is 5.82 Å². The van der Waals surface area contributed by atoms with E-state index >= 15 is 0 Å². The maximum absolute atomic E-state index is 13.7. The smallest absolute Gasteiger partial charge is 0.341 e. The van der Waals surface area contributed by atoms with Crippen LogP contribution in [0.15, 0.2) is 84.2 Å². The number of rotatable bonds is 8. The average molecular weight is 541 g/mol. The molecule has 0 aliphatic heterocycles. The maximum atomic E-state index is 13.7. The summed E-state index contributed by atoms with van der Waals surface area (Å²) in [4.78, 5) is 31.5. The van der Waals surface area contributed by atoms with Crippen LogP contribution in [0.1, 0.15) is 34.6 Å². The topological polar surface area (TPSA) is 77.5 Å². The Morgan fingerprint density at radius 1 is 0.923 bits per heavy atom. The molecule has 196 valence electrons. The van der Waals surface area contributed by atoms with Gasteiger partial charge in [0.25, 0.3) is 5.91 Å². The number of benzene rings is 3. The van der Waals surface area contributed by atoms with Gasteiger partial charge in [-0.2, -0.15) is 0 Å². The Bertz CT molecular complexity index is 1650. The Balaban J connectivity index is 1.55. The molecule has 6 nitrogen and oxygen atoms in total. The number of amides is 1. The molecule has 0 fully saturated rings. The van der Waals surface area contributed by atoms with E-state index in [0.717, 1.165) is 11.3 Å². The van der Waals surface area contributed by atoms with Crippen molar-refractivity contribution in [3.63, 3.8) is 0 Å². The second-order valence-corrected chi connectivity index (χ2v) is 9.44. The predicted molar refractivity (Wildman–Crippen MR) is 152 cm³/mol. The third-order valence-corrected chi connectivity index (χ3v) is 6.97. The summed E-state index contributed by atoms with van der Waals surface area (Å²) in [5.74, 6) is -0.587. The molecule has 1 N–H and O–H groups in total. The zero-order valence-corrected chi connectivity index (χ0v) is 22.2. The normalized spacial score (nSPS) is 10.8. The van der Waals surface area contributed by atoms with Crippen molar-refractivity contribution in [3.05, 3.63) is 101 Å². The summed E-state index contributed by atoms with van der Waals surface area (Å²) in [5.41, 5.74) is 3.97. The average Bonchev–Trinajstić information content (AvgIpc) is 3.37. The van der Waals surface area contributed by atoms with Crippen LogP contribution < -0.4 is 10.1 Å². The van der Waals surface area contributed by atoms with Crippen LogP contribution in [0.4, 0.5) is 9.39 Å². The van der Waals surface area contributed by atoms with Crippen molar-refractivity contribution < 1.29 is 23.5 Å². The van der Waals surface area contributed by atoms with Crippen LogP contribution in [-0.2, 0) is 4.74 Å². The molecule has 0 atom stereocenters. The fourth-order valence-electron chi connectivity index (χ4n) is 4.27. The molecular formula is C31H25FN2O4S. The minimum atomic E-state index is -0.567. The fraction of sp³-hybridized carbons (Fsp3) is 0.129. The van der Waals surface area contributed by atoms with E-state index in [1.807, 2.05) is 55.5 Å². The van der Waals surface area contributed by atoms with Crippen molar-refractivity contribution in [3.8, 4) is 28.1 Å². The number of ether oxygens (including phenoxy) is 2. The van der Waals surface area contributed by atoms with Gasteiger partial charge in [-0.3, -0.25) is 4.79 Å². The molecule has 0 aliphatic rings. The number of nitrogens with one attached hydrogen (secondary N) is 1. The van der Waals surface area contributed by atoms with Crippen molar-refractivity contribution in [2.75, 3.05) is 18.5 Å². The van der Waals surface area contributed by atoms with E-state index in [0.29, 0.717) is 44.9 Å². The first-order valence-electron chi connectivity index (χ1n) is 12.5. The standard InChI is InChI=1S/C31H25FN2O4S/c1-3-37-22-15-11-20(12-16-22)27-17-24(23-7-5-6-8-26(23)33-27)29(35)34-30-28(31(36)38-4-2)25(18-39-30)19-9-13-21(32)14-10-19/h5-18H,3-4H2,1-2H3,(H,34,35). The van der Waals surface area contributed by atoms with Crippen molar-refractivity contribution in [2.24, 2.45) is 0 Å². The number of halogens is 1. The molecule has 5 rings (SSSR count). The second-order valence-electron chi connectivity index (χ2n) is 8.56. The van der Waals surface area contributed by atoms with Gasteiger partial charge in [0.15, 0.2) is 0 Å². The first kappa shape index (κ1) is 26.1. The van der Waals surface area contributed by atoms with Gasteiger partial charge in [-0.05, 0) is 67.9 Å². The summed E-state index contributed by atoms with van der Waals surface area (Å²) in [5, 5.41) is 5.70. The van der Waals surface area contributed by atoms with Gasteiger partial charge in [0.05, 0.1) is 30.0 Å². The molecule has 39 heavy (non-hydrogen) atoms. The predicted octanol–water partition coefficient (Wildman–Crippen LogP) is 7.60. The number of thiophene rings is 1. The molecule has 0 saturated carbocycles. The zero-order valence-electron chi connectivity index (χ0n) is 21.4.